The molecule has 3 aromatic rings. The van der Waals surface area contributed by atoms with Crippen LogP contribution in [0.4, 0.5) is 5.00 Å². The van der Waals surface area contributed by atoms with Crippen LogP contribution >= 0.6 is 23.1 Å². The molecule has 0 unspecified atom stereocenters. The van der Waals surface area contributed by atoms with Gasteiger partial charge in [0, 0.05) is 10.8 Å². The van der Waals surface area contributed by atoms with Gasteiger partial charge in [-0.3, -0.25) is 9.36 Å². The molecule has 0 saturated heterocycles. The first-order chi connectivity index (χ1) is 15.5. The summed E-state index contributed by atoms with van der Waals surface area (Å²) < 4.78 is 12.7. The summed E-state index contributed by atoms with van der Waals surface area (Å²) in [4.78, 5) is 26.2. The molecule has 0 radical (unpaired) electrons. The fourth-order valence-electron chi connectivity index (χ4n) is 3.56. The molecule has 1 N–H and O–H groups in total. The van der Waals surface area contributed by atoms with Crippen molar-refractivity contribution in [2.24, 2.45) is 0 Å². The van der Waals surface area contributed by atoms with E-state index in [-0.39, 0.29) is 18.3 Å². The molecule has 170 valence electrons. The predicted octanol–water partition coefficient (Wildman–Crippen LogP) is 4.64. The zero-order chi connectivity index (χ0) is 22.7. The second-order valence-electron chi connectivity index (χ2n) is 7.53. The Balaban J connectivity index is 1.47. The highest BCUT2D eigenvalue weighted by Crippen LogP contribution is 2.40. The first-order valence-electron chi connectivity index (χ1n) is 10.7. The van der Waals surface area contributed by atoms with Gasteiger partial charge in [0.05, 0.1) is 30.7 Å². The second-order valence-corrected chi connectivity index (χ2v) is 9.70. The van der Waals surface area contributed by atoms with Crippen LogP contribution in [-0.2, 0) is 22.5 Å². The van der Waals surface area contributed by atoms with Crippen molar-refractivity contribution < 1.29 is 18.7 Å². The predicted molar refractivity (Wildman–Crippen MR) is 124 cm³/mol. The highest BCUT2D eigenvalue weighted by atomic mass is 32.2. The zero-order valence-corrected chi connectivity index (χ0v) is 20.0. The Kier molecular flexibility index (Phi) is 7.00. The zero-order valence-electron chi connectivity index (χ0n) is 18.3. The van der Waals surface area contributed by atoms with Crippen LogP contribution in [0.15, 0.2) is 28.0 Å². The van der Waals surface area contributed by atoms with Gasteiger partial charge in [-0.2, -0.15) is 0 Å². The third-order valence-corrected chi connectivity index (χ3v) is 7.24. The van der Waals surface area contributed by atoms with E-state index in [9.17, 15) is 9.59 Å². The lowest BCUT2D eigenvalue weighted by Crippen LogP contribution is -2.17. The van der Waals surface area contributed by atoms with Crippen LogP contribution in [-0.4, -0.2) is 39.0 Å². The second kappa shape index (κ2) is 9.91. The number of thiophene rings is 1. The van der Waals surface area contributed by atoms with Gasteiger partial charge in [-0.05, 0) is 50.8 Å². The number of carbonyl (C=O) groups excluding carboxylic acids is 2. The number of amides is 1. The summed E-state index contributed by atoms with van der Waals surface area (Å²) in [5.74, 6) is 1.73. The fourth-order valence-corrected chi connectivity index (χ4v) is 5.46. The van der Waals surface area contributed by atoms with E-state index in [0.717, 1.165) is 34.9 Å². The van der Waals surface area contributed by atoms with Gasteiger partial charge in [0.15, 0.2) is 5.16 Å². The van der Waals surface area contributed by atoms with Gasteiger partial charge < -0.3 is 14.5 Å². The molecule has 0 aliphatic heterocycles. The van der Waals surface area contributed by atoms with Crippen molar-refractivity contribution in [3.63, 3.8) is 0 Å². The molecule has 1 aliphatic carbocycles. The molecule has 10 heteroatoms. The maximum atomic E-state index is 12.8. The van der Waals surface area contributed by atoms with Gasteiger partial charge in [-0.1, -0.05) is 18.7 Å². The van der Waals surface area contributed by atoms with Crippen molar-refractivity contribution in [1.29, 1.82) is 0 Å². The van der Waals surface area contributed by atoms with Gasteiger partial charge in [-0.25, -0.2) is 4.79 Å². The molecule has 32 heavy (non-hydrogen) atoms. The topological polar surface area (TPSA) is 99.2 Å². The van der Waals surface area contributed by atoms with Gasteiger partial charge in [0.2, 0.25) is 5.91 Å². The minimum Gasteiger partial charge on any atom is -0.467 e. The van der Waals surface area contributed by atoms with Gasteiger partial charge in [0.1, 0.15) is 16.6 Å². The molecule has 0 atom stereocenters. The molecule has 8 nitrogen and oxygen atoms in total. The summed E-state index contributed by atoms with van der Waals surface area (Å²) in [5.41, 5.74) is 1.39. The molecule has 1 saturated carbocycles. The van der Waals surface area contributed by atoms with E-state index in [1.165, 1.54) is 23.1 Å². The minimum atomic E-state index is -0.399. The standard InChI is InChI=1S/C22H26N4O4S2/c1-4-16-13(3)32-20(18(16)21(28)29-5-2)23-17(27)12-31-22-25-24-19(14-8-9-14)26(22)11-15-7-6-10-30-15/h6-7,10,14H,4-5,8-9,11-12H2,1-3H3,(H,23,27). The summed E-state index contributed by atoms with van der Waals surface area (Å²) in [7, 11) is 0. The number of thioether (sulfide) groups is 1. The highest BCUT2D eigenvalue weighted by Gasteiger charge is 2.31. The first-order valence-corrected chi connectivity index (χ1v) is 12.5. The van der Waals surface area contributed by atoms with Crippen molar-refractivity contribution in [3.8, 4) is 0 Å². The smallest absolute Gasteiger partial charge is 0.341 e. The van der Waals surface area contributed by atoms with E-state index in [1.54, 1.807) is 13.2 Å². The third kappa shape index (κ3) is 4.91. The van der Waals surface area contributed by atoms with Crippen LogP contribution in [0.3, 0.4) is 0 Å². The number of nitrogens with one attached hydrogen (secondary N) is 1. The first kappa shape index (κ1) is 22.6. The number of hydrogen-bond acceptors (Lipinski definition) is 8. The number of nitrogens with zero attached hydrogens (tertiary/aromatic N) is 3. The molecule has 4 rings (SSSR count). The summed E-state index contributed by atoms with van der Waals surface area (Å²) in [5, 5.41) is 12.8. The summed E-state index contributed by atoms with van der Waals surface area (Å²) in [6.07, 6.45) is 4.55. The van der Waals surface area contributed by atoms with E-state index >= 15 is 0 Å². The molecule has 3 heterocycles. The summed E-state index contributed by atoms with van der Waals surface area (Å²) >= 11 is 2.73. The Labute approximate surface area is 194 Å². The summed E-state index contributed by atoms with van der Waals surface area (Å²) in [6.45, 7) is 6.53. The summed E-state index contributed by atoms with van der Waals surface area (Å²) in [6, 6.07) is 3.77. The molecule has 0 aromatic carbocycles. The molecule has 0 bridgehead atoms. The molecule has 0 spiro atoms. The van der Waals surface area contributed by atoms with E-state index in [2.05, 4.69) is 15.5 Å². The molecule has 1 amide bonds. The molecule has 1 fully saturated rings. The Morgan fingerprint density at radius 2 is 2.16 bits per heavy atom. The van der Waals surface area contributed by atoms with E-state index in [4.69, 9.17) is 9.15 Å². The molecule has 1 aliphatic rings. The van der Waals surface area contributed by atoms with E-state index in [0.29, 0.717) is 34.6 Å². The Hall–Kier alpha value is -2.59. The Morgan fingerprint density at radius 1 is 1.34 bits per heavy atom. The average molecular weight is 475 g/mol. The quantitative estimate of drug-likeness (QED) is 0.338. The van der Waals surface area contributed by atoms with Crippen molar-refractivity contribution >= 4 is 40.0 Å². The lowest BCUT2D eigenvalue weighted by atomic mass is 10.1. The number of aromatic nitrogens is 3. The lowest BCUT2D eigenvalue weighted by molar-refractivity contribution is -0.113. The minimum absolute atomic E-state index is 0.154. The number of aryl methyl sites for hydroxylation is 1. The highest BCUT2D eigenvalue weighted by molar-refractivity contribution is 7.99. The van der Waals surface area contributed by atoms with Crippen LogP contribution in [0.5, 0.6) is 0 Å². The fraction of sp³-hybridized carbons (Fsp3) is 0.455. The number of carbonyl (C=O) groups is 2. The Bertz CT molecular complexity index is 1100. The molecular weight excluding hydrogens is 448 g/mol. The van der Waals surface area contributed by atoms with Crippen LogP contribution in [0.25, 0.3) is 0 Å². The molecule has 3 aromatic heterocycles. The molecular formula is C22H26N4O4S2. The number of furan rings is 1. The van der Waals surface area contributed by atoms with E-state index in [1.807, 2.05) is 30.5 Å². The van der Waals surface area contributed by atoms with Crippen LogP contribution < -0.4 is 5.32 Å². The number of ether oxygens (including phenoxy) is 1. The maximum Gasteiger partial charge on any atom is 0.341 e. The van der Waals surface area contributed by atoms with Crippen LogP contribution in [0, 0.1) is 6.92 Å². The van der Waals surface area contributed by atoms with E-state index < -0.39 is 5.97 Å². The largest absolute Gasteiger partial charge is 0.467 e. The van der Waals surface area contributed by atoms with Gasteiger partial charge in [0.25, 0.3) is 0 Å². The number of anilines is 1. The van der Waals surface area contributed by atoms with Crippen molar-refractivity contribution in [2.75, 3.05) is 17.7 Å². The van der Waals surface area contributed by atoms with Gasteiger partial charge in [-0.15, -0.1) is 21.5 Å². The number of esters is 1. The van der Waals surface area contributed by atoms with Crippen molar-refractivity contribution in [2.45, 2.75) is 57.7 Å². The Morgan fingerprint density at radius 3 is 2.81 bits per heavy atom. The van der Waals surface area contributed by atoms with Gasteiger partial charge >= 0.3 is 5.97 Å². The average Bonchev–Trinajstić information content (AvgIpc) is 3.18. The van der Waals surface area contributed by atoms with Crippen LogP contribution in [0.2, 0.25) is 0 Å². The monoisotopic (exact) mass is 474 g/mol. The van der Waals surface area contributed by atoms with Crippen molar-refractivity contribution in [3.05, 3.63) is 46.0 Å². The lowest BCUT2D eigenvalue weighted by Gasteiger charge is -2.09. The number of rotatable bonds is 10. The number of hydrogen-bond donors (Lipinski definition) is 1. The van der Waals surface area contributed by atoms with Crippen molar-refractivity contribution in [1.82, 2.24) is 14.8 Å². The normalized spacial score (nSPS) is 13.3. The third-order valence-electron chi connectivity index (χ3n) is 5.21. The van der Waals surface area contributed by atoms with Crippen LogP contribution in [0.1, 0.15) is 65.0 Å². The SMILES string of the molecule is CCOC(=O)c1c(NC(=O)CSc2nnc(C3CC3)n2Cc2ccco2)sc(C)c1CC. The maximum absolute atomic E-state index is 12.8.